The first-order valence-corrected chi connectivity index (χ1v) is 9.00. The lowest BCUT2D eigenvalue weighted by Crippen LogP contribution is -2.50. The Morgan fingerprint density at radius 2 is 1.68 bits per heavy atom. The van der Waals surface area contributed by atoms with Gasteiger partial charge in [0.05, 0.1) is 11.5 Å². The lowest BCUT2D eigenvalue weighted by molar-refractivity contribution is -0.127. The number of hydrogen-bond donors (Lipinski definition) is 3. The molecule has 0 bridgehead atoms. The van der Waals surface area contributed by atoms with Gasteiger partial charge in [0, 0.05) is 18.8 Å². The van der Waals surface area contributed by atoms with Crippen molar-refractivity contribution in [2.24, 2.45) is 5.92 Å². The lowest BCUT2D eigenvalue weighted by Gasteiger charge is -2.32. The van der Waals surface area contributed by atoms with E-state index in [9.17, 15) is 18.8 Å². The van der Waals surface area contributed by atoms with Crippen molar-refractivity contribution in [1.82, 2.24) is 15.8 Å². The van der Waals surface area contributed by atoms with Gasteiger partial charge < -0.3 is 10.2 Å². The predicted molar refractivity (Wildman–Crippen MR) is 102 cm³/mol. The molecule has 0 radical (unpaired) electrons. The van der Waals surface area contributed by atoms with Crippen molar-refractivity contribution >= 4 is 23.5 Å². The number of carbonyl (C=O) groups excluding carboxylic acids is 3. The number of anilines is 1. The second kappa shape index (κ2) is 8.98. The van der Waals surface area contributed by atoms with E-state index in [1.807, 2.05) is 18.2 Å². The molecule has 1 saturated heterocycles. The fourth-order valence-electron chi connectivity index (χ4n) is 3.03. The molecule has 0 aliphatic carbocycles. The normalized spacial score (nSPS) is 16.2. The predicted octanol–water partition coefficient (Wildman–Crippen LogP) is 2.53. The molecular weight excluding hydrogens is 363 g/mol. The van der Waals surface area contributed by atoms with Crippen molar-refractivity contribution in [2.45, 2.75) is 12.8 Å². The maximum atomic E-state index is 13.6. The zero-order valence-corrected chi connectivity index (χ0v) is 15.2. The number of halogens is 1. The van der Waals surface area contributed by atoms with E-state index in [0.717, 1.165) is 0 Å². The minimum Gasteiger partial charge on any atom is -0.324 e. The van der Waals surface area contributed by atoms with E-state index in [4.69, 9.17) is 0 Å². The molecule has 3 rings (SSSR count). The zero-order chi connectivity index (χ0) is 19.9. The van der Waals surface area contributed by atoms with Gasteiger partial charge in [0.2, 0.25) is 5.91 Å². The Balaban J connectivity index is 1.52. The van der Waals surface area contributed by atoms with E-state index in [2.05, 4.69) is 16.2 Å². The molecule has 0 aromatic heterocycles. The summed E-state index contributed by atoms with van der Waals surface area (Å²) in [7, 11) is 0. The van der Waals surface area contributed by atoms with Crippen LogP contribution in [0.4, 0.5) is 14.9 Å². The van der Waals surface area contributed by atoms with Crippen LogP contribution in [0.15, 0.2) is 54.6 Å². The number of amides is 4. The van der Waals surface area contributed by atoms with Crippen LogP contribution >= 0.6 is 0 Å². The van der Waals surface area contributed by atoms with Gasteiger partial charge in [-0.1, -0.05) is 30.3 Å². The van der Waals surface area contributed by atoms with Crippen LogP contribution < -0.4 is 16.2 Å². The molecule has 3 N–H and O–H groups in total. The average molecular weight is 384 g/mol. The number of likely N-dealkylation sites (tertiary alicyclic amines) is 1. The van der Waals surface area contributed by atoms with Gasteiger partial charge in [-0.15, -0.1) is 0 Å². The van der Waals surface area contributed by atoms with E-state index in [0.29, 0.717) is 25.1 Å². The molecule has 0 saturated carbocycles. The van der Waals surface area contributed by atoms with E-state index in [1.165, 1.54) is 24.3 Å². The van der Waals surface area contributed by atoms with Crippen LogP contribution in [-0.2, 0) is 4.79 Å². The third-order valence-corrected chi connectivity index (χ3v) is 4.52. The van der Waals surface area contributed by atoms with Crippen molar-refractivity contribution in [1.29, 1.82) is 0 Å². The van der Waals surface area contributed by atoms with E-state index >= 15 is 0 Å². The summed E-state index contributed by atoms with van der Waals surface area (Å²) in [6.07, 6.45) is 1.26. The van der Waals surface area contributed by atoms with E-state index in [1.54, 1.807) is 17.0 Å². The van der Waals surface area contributed by atoms with Gasteiger partial charge >= 0.3 is 6.03 Å². The third-order valence-electron chi connectivity index (χ3n) is 4.52. The average Bonchev–Trinajstić information content (AvgIpc) is 2.73. The van der Waals surface area contributed by atoms with Crippen molar-refractivity contribution in [2.75, 3.05) is 18.4 Å². The zero-order valence-electron chi connectivity index (χ0n) is 15.2. The Hall–Kier alpha value is -3.42. The molecule has 146 valence electrons. The quantitative estimate of drug-likeness (QED) is 0.711. The molecule has 7 nitrogen and oxygen atoms in total. The molecule has 1 aliphatic rings. The molecule has 1 atom stereocenters. The van der Waals surface area contributed by atoms with Crippen molar-refractivity contribution in [3.8, 4) is 0 Å². The minimum absolute atomic E-state index is 0.157. The molecule has 4 amide bonds. The Labute approximate surface area is 161 Å². The molecule has 2 aromatic rings. The number of hydrogen-bond acceptors (Lipinski definition) is 3. The lowest BCUT2D eigenvalue weighted by atomic mass is 9.98. The standard InChI is InChI=1S/C20H21FN4O3/c21-17-11-5-4-10-16(17)19(27)24-23-18(26)14-7-6-12-25(13-14)20(28)22-15-8-2-1-3-9-15/h1-5,8-11,14H,6-7,12-13H2,(H,22,28)(H,23,26)(H,24,27). The largest absolute Gasteiger partial charge is 0.324 e. The van der Waals surface area contributed by atoms with Gasteiger partial charge in [-0.05, 0) is 37.1 Å². The highest BCUT2D eigenvalue weighted by Gasteiger charge is 2.29. The Bertz CT molecular complexity index is 860. The summed E-state index contributed by atoms with van der Waals surface area (Å²) in [5.74, 6) is -2.28. The highest BCUT2D eigenvalue weighted by atomic mass is 19.1. The second-order valence-electron chi connectivity index (χ2n) is 6.50. The van der Waals surface area contributed by atoms with Gasteiger partial charge in [-0.25, -0.2) is 9.18 Å². The van der Waals surface area contributed by atoms with Crippen LogP contribution in [0.2, 0.25) is 0 Å². The molecule has 0 spiro atoms. The maximum Gasteiger partial charge on any atom is 0.321 e. The summed E-state index contributed by atoms with van der Waals surface area (Å²) in [6.45, 7) is 0.782. The first-order chi connectivity index (χ1) is 13.5. The molecule has 8 heteroatoms. The maximum absolute atomic E-state index is 13.6. The van der Waals surface area contributed by atoms with Gasteiger partial charge in [-0.2, -0.15) is 0 Å². The van der Waals surface area contributed by atoms with E-state index in [-0.39, 0.29) is 18.1 Å². The molecule has 1 aliphatic heterocycles. The topological polar surface area (TPSA) is 90.5 Å². The summed E-state index contributed by atoms with van der Waals surface area (Å²) in [5, 5.41) is 2.79. The van der Waals surface area contributed by atoms with Crippen LogP contribution in [0.25, 0.3) is 0 Å². The van der Waals surface area contributed by atoms with E-state index < -0.39 is 23.5 Å². The highest BCUT2D eigenvalue weighted by molar-refractivity contribution is 5.96. The van der Waals surface area contributed by atoms with Crippen molar-refractivity contribution in [3.05, 3.63) is 66.0 Å². The molecule has 2 aromatic carbocycles. The SMILES string of the molecule is O=C(NNC(=O)C1CCCN(C(=O)Nc2ccccc2)C1)c1ccccc1F. The molecular formula is C20H21FN4O3. The van der Waals surface area contributed by atoms with Crippen LogP contribution in [0, 0.1) is 11.7 Å². The van der Waals surface area contributed by atoms with Gasteiger partial charge in [0.15, 0.2) is 0 Å². The summed E-state index contributed by atoms with van der Waals surface area (Å²) in [4.78, 5) is 38.3. The Morgan fingerprint density at radius 1 is 0.964 bits per heavy atom. The highest BCUT2D eigenvalue weighted by Crippen LogP contribution is 2.18. The first-order valence-electron chi connectivity index (χ1n) is 9.00. The smallest absolute Gasteiger partial charge is 0.321 e. The number of hydrazine groups is 1. The molecule has 1 unspecified atom stereocenters. The summed E-state index contributed by atoms with van der Waals surface area (Å²) in [6, 6.07) is 14.3. The monoisotopic (exact) mass is 384 g/mol. The Morgan fingerprint density at radius 3 is 2.43 bits per heavy atom. The fourth-order valence-corrected chi connectivity index (χ4v) is 3.03. The second-order valence-corrected chi connectivity index (χ2v) is 6.50. The number of benzene rings is 2. The molecule has 1 fully saturated rings. The number of urea groups is 1. The summed E-state index contributed by atoms with van der Waals surface area (Å²) in [5.41, 5.74) is 5.07. The van der Waals surface area contributed by atoms with Crippen molar-refractivity contribution < 1.29 is 18.8 Å². The summed E-state index contributed by atoms with van der Waals surface area (Å²) >= 11 is 0. The number of para-hydroxylation sites is 1. The number of piperidine rings is 1. The van der Waals surface area contributed by atoms with Gasteiger partial charge in [0.25, 0.3) is 5.91 Å². The van der Waals surface area contributed by atoms with Crippen LogP contribution in [0.3, 0.4) is 0 Å². The molecule has 28 heavy (non-hydrogen) atoms. The number of carbonyl (C=O) groups is 3. The minimum atomic E-state index is -0.735. The Kier molecular flexibility index (Phi) is 6.21. The number of nitrogens with zero attached hydrogens (tertiary/aromatic N) is 1. The number of nitrogens with one attached hydrogen (secondary N) is 3. The van der Waals surface area contributed by atoms with Gasteiger partial charge in [-0.3, -0.25) is 20.4 Å². The first kappa shape index (κ1) is 19.3. The van der Waals surface area contributed by atoms with Gasteiger partial charge in [0.1, 0.15) is 5.82 Å². The number of rotatable bonds is 3. The van der Waals surface area contributed by atoms with Crippen LogP contribution in [0.5, 0.6) is 0 Å². The third kappa shape index (κ3) is 4.85. The van der Waals surface area contributed by atoms with Crippen molar-refractivity contribution in [3.63, 3.8) is 0 Å². The van der Waals surface area contributed by atoms with Crippen LogP contribution in [0.1, 0.15) is 23.2 Å². The van der Waals surface area contributed by atoms with Crippen LogP contribution in [-0.4, -0.2) is 35.8 Å². The summed E-state index contributed by atoms with van der Waals surface area (Å²) < 4.78 is 13.6. The molecule has 1 heterocycles. The fraction of sp³-hybridized carbons (Fsp3) is 0.250.